The maximum absolute atomic E-state index is 6.31. The highest BCUT2D eigenvalue weighted by molar-refractivity contribution is 7.26. The Bertz CT molecular complexity index is 3520. The van der Waals surface area contributed by atoms with Crippen LogP contribution in [0.1, 0.15) is 0 Å². The van der Waals surface area contributed by atoms with Crippen LogP contribution < -0.4 is 0 Å². The maximum Gasteiger partial charge on any atom is 0.165 e. The molecule has 0 aliphatic carbocycles. The highest BCUT2D eigenvalue weighted by Gasteiger charge is 2.20. The summed E-state index contributed by atoms with van der Waals surface area (Å²) in [5, 5.41) is 6.90. The predicted molar refractivity (Wildman–Crippen MR) is 236 cm³/mol. The zero-order valence-corrected chi connectivity index (χ0v) is 31.2. The molecule has 0 aliphatic heterocycles. The standard InChI is InChI=1S/C51H30N4OS/c1-2-12-31(13-3-1)33-26-29-36-35-14-4-7-20-42(35)55(43(36)30-33)34-27-24-32(25-28-34)49-52-50(40-18-11-22-45-47(40)39-16-5-8-21-44(39)56-45)54-51(53-49)41-19-10-17-38-37-15-6-9-23-46(37)57-48(38)41/h1-30H. The molecule has 12 aromatic rings. The van der Waals surface area contributed by atoms with Gasteiger partial charge in [0.15, 0.2) is 17.5 Å². The van der Waals surface area contributed by atoms with Crippen molar-refractivity contribution in [2.24, 2.45) is 0 Å². The molecule has 5 nitrogen and oxygen atoms in total. The lowest BCUT2D eigenvalue weighted by Crippen LogP contribution is -2.01. The molecule has 266 valence electrons. The van der Waals surface area contributed by atoms with Crippen molar-refractivity contribution in [3.63, 3.8) is 0 Å². The number of aromatic nitrogens is 4. The first kappa shape index (κ1) is 31.9. The van der Waals surface area contributed by atoms with E-state index in [4.69, 9.17) is 19.4 Å². The summed E-state index contributed by atoms with van der Waals surface area (Å²) in [7, 11) is 0. The summed E-state index contributed by atoms with van der Waals surface area (Å²) in [6.07, 6.45) is 0. The van der Waals surface area contributed by atoms with Crippen molar-refractivity contribution in [1.82, 2.24) is 19.5 Å². The van der Waals surface area contributed by atoms with Crippen molar-refractivity contribution in [1.29, 1.82) is 0 Å². The Hall–Kier alpha value is -7.41. The summed E-state index contributed by atoms with van der Waals surface area (Å²) in [6.45, 7) is 0. The minimum Gasteiger partial charge on any atom is -0.456 e. The molecular weight excluding hydrogens is 717 g/mol. The molecule has 0 bridgehead atoms. The largest absolute Gasteiger partial charge is 0.456 e. The van der Waals surface area contributed by atoms with Crippen molar-refractivity contribution < 1.29 is 4.42 Å². The molecule has 0 amide bonds. The van der Waals surface area contributed by atoms with Gasteiger partial charge in [0.1, 0.15) is 11.2 Å². The minimum absolute atomic E-state index is 0.602. The first-order valence-corrected chi connectivity index (χ1v) is 19.8. The number of hydrogen-bond acceptors (Lipinski definition) is 5. The second-order valence-electron chi connectivity index (χ2n) is 14.4. The van der Waals surface area contributed by atoms with E-state index in [1.165, 1.54) is 37.4 Å². The van der Waals surface area contributed by atoms with Crippen LogP contribution in [0.2, 0.25) is 0 Å². The van der Waals surface area contributed by atoms with E-state index in [2.05, 4.69) is 156 Å². The lowest BCUT2D eigenvalue weighted by molar-refractivity contribution is 0.669. The lowest BCUT2D eigenvalue weighted by atomic mass is 10.0. The summed E-state index contributed by atoms with van der Waals surface area (Å²) >= 11 is 1.78. The summed E-state index contributed by atoms with van der Waals surface area (Å²) in [6, 6.07) is 63.8. The van der Waals surface area contributed by atoms with E-state index < -0.39 is 0 Å². The fraction of sp³-hybridized carbons (Fsp3) is 0. The van der Waals surface area contributed by atoms with Crippen LogP contribution in [-0.2, 0) is 0 Å². The number of rotatable bonds is 5. The van der Waals surface area contributed by atoms with Gasteiger partial charge in [-0.05, 0) is 71.8 Å². The molecule has 0 spiro atoms. The smallest absolute Gasteiger partial charge is 0.165 e. The number of hydrogen-bond donors (Lipinski definition) is 0. The number of fused-ring (bicyclic) bond motifs is 9. The average Bonchev–Trinajstić information content (AvgIpc) is 3.96. The van der Waals surface area contributed by atoms with Gasteiger partial charge in [0.2, 0.25) is 0 Å². The first-order valence-electron chi connectivity index (χ1n) is 19.0. The van der Waals surface area contributed by atoms with Gasteiger partial charge in [-0.25, -0.2) is 15.0 Å². The maximum atomic E-state index is 6.31. The highest BCUT2D eigenvalue weighted by Crippen LogP contribution is 2.41. The van der Waals surface area contributed by atoms with Crippen LogP contribution in [0.25, 0.3) is 115 Å². The van der Waals surface area contributed by atoms with Crippen molar-refractivity contribution >= 4 is 75.3 Å². The van der Waals surface area contributed by atoms with Crippen LogP contribution >= 0.6 is 11.3 Å². The monoisotopic (exact) mass is 746 g/mol. The molecule has 0 unspecified atom stereocenters. The van der Waals surface area contributed by atoms with Gasteiger partial charge in [0.25, 0.3) is 0 Å². The Morgan fingerprint density at radius 2 is 1.04 bits per heavy atom. The molecule has 12 rings (SSSR count). The summed E-state index contributed by atoms with van der Waals surface area (Å²) < 4.78 is 11.1. The summed E-state index contributed by atoms with van der Waals surface area (Å²) in [4.78, 5) is 15.7. The molecule has 0 N–H and O–H groups in total. The molecule has 4 aromatic heterocycles. The predicted octanol–water partition coefficient (Wildman–Crippen LogP) is 13.9. The van der Waals surface area contributed by atoms with Gasteiger partial charge in [-0.15, -0.1) is 11.3 Å². The highest BCUT2D eigenvalue weighted by atomic mass is 32.1. The molecule has 8 aromatic carbocycles. The third-order valence-corrected chi connectivity index (χ3v) is 12.3. The third-order valence-electron chi connectivity index (χ3n) is 11.1. The van der Waals surface area contributed by atoms with E-state index in [1.54, 1.807) is 11.3 Å². The van der Waals surface area contributed by atoms with Gasteiger partial charge in [-0.3, -0.25) is 0 Å². The molecule has 0 aliphatic rings. The summed E-state index contributed by atoms with van der Waals surface area (Å²) in [5.41, 5.74) is 10.2. The molecular formula is C51H30N4OS. The number of thiophene rings is 1. The van der Waals surface area contributed by atoms with Crippen LogP contribution in [0.15, 0.2) is 186 Å². The lowest BCUT2D eigenvalue weighted by Gasteiger charge is -2.12. The fourth-order valence-corrected chi connectivity index (χ4v) is 9.66. The molecule has 0 radical (unpaired) electrons. The van der Waals surface area contributed by atoms with E-state index in [1.807, 2.05) is 30.3 Å². The van der Waals surface area contributed by atoms with Crippen LogP contribution in [0.3, 0.4) is 0 Å². The second kappa shape index (κ2) is 12.6. The topological polar surface area (TPSA) is 56.7 Å². The Morgan fingerprint density at radius 1 is 0.404 bits per heavy atom. The molecule has 0 saturated heterocycles. The number of para-hydroxylation sites is 2. The van der Waals surface area contributed by atoms with Gasteiger partial charge < -0.3 is 8.98 Å². The number of furan rings is 1. The Kier molecular flexibility index (Phi) is 7.03. The van der Waals surface area contributed by atoms with Gasteiger partial charge >= 0.3 is 0 Å². The van der Waals surface area contributed by atoms with Crippen molar-refractivity contribution in [3.05, 3.63) is 182 Å². The SMILES string of the molecule is c1ccc(-c2ccc3c4ccccc4n(-c4ccc(-c5nc(-c6cccc7c6sc6ccccc67)nc(-c6cccc7oc8ccccc8c67)n5)cc4)c3c2)cc1. The molecule has 6 heteroatoms. The van der Waals surface area contributed by atoms with Crippen LogP contribution in [-0.4, -0.2) is 19.5 Å². The van der Waals surface area contributed by atoms with Crippen molar-refractivity contribution in [2.45, 2.75) is 0 Å². The first-order chi connectivity index (χ1) is 28.2. The normalized spacial score (nSPS) is 11.9. The minimum atomic E-state index is 0.602. The van der Waals surface area contributed by atoms with Gasteiger partial charge in [0.05, 0.1) is 11.0 Å². The van der Waals surface area contributed by atoms with Crippen LogP contribution in [0.5, 0.6) is 0 Å². The van der Waals surface area contributed by atoms with E-state index in [-0.39, 0.29) is 0 Å². The van der Waals surface area contributed by atoms with Crippen molar-refractivity contribution in [3.8, 4) is 51.0 Å². The zero-order valence-electron chi connectivity index (χ0n) is 30.4. The van der Waals surface area contributed by atoms with Gasteiger partial charge in [-0.1, -0.05) is 121 Å². The Morgan fingerprint density at radius 3 is 1.91 bits per heavy atom. The molecule has 0 atom stereocenters. The van der Waals surface area contributed by atoms with Crippen LogP contribution in [0.4, 0.5) is 0 Å². The van der Waals surface area contributed by atoms with E-state index in [0.717, 1.165) is 60.0 Å². The molecule has 0 saturated carbocycles. The Labute approximate surface area is 330 Å². The van der Waals surface area contributed by atoms with Crippen LogP contribution in [0, 0.1) is 0 Å². The average molecular weight is 747 g/mol. The van der Waals surface area contributed by atoms with E-state index in [9.17, 15) is 0 Å². The van der Waals surface area contributed by atoms with Crippen molar-refractivity contribution in [2.75, 3.05) is 0 Å². The van der Waals surface area contributed by atoms with Gasteiger partial charge in [0, 0.05) is 64.1 Å². The van der Waals surface area contributed by atoms with Gasteiger partial charge in [-0.2, -0.15) is 0 Å². The quantitative estimate of drug-likeness (QED) is 0.176. The fourth-order valence-electron chi connectivity index (χ4n) is 8.45. The van der Waals surface area contributed by atoms with E-state index in [0.29, 0.717) is 17.5 Å². The summed E-state index contributed by atoms with van der Waals surface area (Å²) in [5.74, 6) is 1.85. The van der Waals surface area contributed by atoms with E-state index >= 15 is 0 Å². The molecule has 57 heavy (non-hydrogen) atoms. The third kappa shape index (κ3) is 5.04. The second-order valence-corrected chi connectivity index (χ2v) is 15.4. The molecule has 0 fully saturated rings. The molecule has 4 heterocycles. The number of benzene rings is 8. The Balaban J connectivity index is 1.06. The number of nitrogens with zero attached hydrogens (tertiary/aromatic N) is 4. The zero-order chi connectivity index (χ0) is 37.5.